The molecule has 1 amide bonds. The van der Waals surface area contributed by atoms with Gasteiger partial charge in [0.1, 0.15) is 11.5 Å². The van der Waals surface area contributed by atoms with Gasteiger partial charge in [-0.15, -0.1) is 0 Å². The van der Waals surface area contributed by atoms with Gasteiger partial charge in [-0.3, -0.25) is 4.79 Å². The zero-order valence-electron chi connectivity index (χ0n) is 12.8. The molecule has 120 valence electrons. The smallest absolute Gasteiger partial charge is 0.228 e. The summed E-state index contributed by atoms with van der Waals surface area (Å²) in [5.41, 5.74) is 1.22. The number of amides is 1. The van der Waals surface area contributed by atoms with Crippen LogP contribution in [0.4, 0.5) is 4.39 Å². The Kier molecular flexibility index (Phi) is 5.85. The summed E-state index contributed by atoms with van der Waals surface area (Å²) >= 11 is 0. The minimum atomic E-state index is -0.343. The van der Waals surface area contributed by atoms with Crippen molar-refractivity contribution in [3.63, 3.8) is 0 Å². The standard InChI is InChI=1S/C15H20FN3O3/c1-21-7-5-18(6-8-22-2)15(20)9-13-11-19-10-12(16)3-4-14(19)17-13/h3-4,10-11H,5-9H2,1-2H3. The van der Waals surface area contributed by atoms with Crippen molar-refractivity contribution in [2.24, 2.45) is 0 Å². The Bertz CT molecular complexity index is 622. The van der Waals surface area contributed by atoms with E-state index < -0.39 is 0 Å². The SMILES string of the molecule is COCCN(CCOC)C(=O)Cc1cn2cc(F)ccc2n1. The fourth-order valence-electron chi connectivity index (χ4n) is 2.13. The van der Waals surface area contributed by atoms with Crippen LogP contribution in [0.3, 0.4) is 0 Å². The number of rotatable bonds is 8. The average Bonchev–Trinajstić information content (AvgIpc) is 2.88. The fraction of sp³-hybridized carbons (Fsp3) is 0.467. The highest BCUT2D eigenvalue weighted by Crippen LogP contribution is 2.08. The number of ether oxygens (including phenoxy) is 2. The highest BCUT2D eigenvalue weighted by atomic mass is 19.1. The molecule has 0 aliphatic rings. The molecule has 6 nitrogen and oxygen atoms in total. The average molecular weight is 309 g/mol. The molecule has 2 rings (SSSR count). The van der Waals surface area contributed by atoms with Crippen LogP contribution in [0.5, 0.6) is 0 Å². The van der Waals surface area contributed by atoms with Gasteiger partial charge in [-0.2, -0.15) is 0 Å². The molecule has 2 aromatic heterocycles. The summed E-state index contributed by atoms with van der Waals surface area (Å²) in [4.78, 5) is 18.4. The molecule has 2 heterocycles. The first-order valence-corrected chi connectivity index (χ1v) is 7.03. The van der Waals surface area contributed by atoms with Crippen molar-refractivity contribution >= 4 is 11.6 Å². The van der Waals surface area contributed by atoms with Crippen LogP contribution in [0.15, 0.2) is 24.5 Å². The van der Waals surface area contributed by atoms with E-state index in [1.54, 1.807) is 35.8 Å². The third-order valence-electron chi connectivity index (χ3n) is 3.28. The van der Waals surface area contributed by atoms with Gasteiger partial charge >= 0.3 is 0 Å². The van der Waals surface area contributed by atoms with Crippen LogP contribution in [0, 0.1) is 5.82 Å². The molecule has 2 aromatic rings. The predicted molar refractivity (Wildman–Crippen MR) is 79.2 cm³/mol. The number of carbonyl (C=O) groups excluding carboxylic acids is 1. The number of fused-ring (bicyclic) bond motifs is 1. The Morgan fingerprint density at radius 1 is 1.23 bits per heavy atom. The first-order valence-electron chi connectivity index (χ1n) is 7.03. The second-order valence-electron chi connectivity index (χ2n) is 4.89. The van der Waals surface area contributed by atoms with E-state index in [1.165, 1.54) is 12.3 Å². The minimum Gasteiger partial charge on any atom is -0.383 e. The van der Waals surface area contributed by atoms with Gasteiger partial charge in [0.05, 0.1) is 25.3 Å². The third-order valence-corrected chi connectivity index (χ3v) is 3.28. The summed E-state index contributed by atoms with van der Waals surface area (Å²) in [7, 11) is 3.19. The summed E-state index contributed by atoms with van der Waals surface area (Å²) < 4.78 is 24.8. The molecular weight excluding hydrogens is 289 g/mol. The Morgan fingerprint density at radius 2 is 1.91 bits per heavy atom. The molecule has 0 aliphatic heterocycles. The van der Waals surface area contributed by atoms with Gasteiger partial charge in [0.25, 0.3) is 0 Å². The zero-order chi connectivity index (χ0) is 15.9. The van der Waals surface area contributed by atoms with E-state index in [-0.39, 0.29) is 18.1 Å². The van der Waals surface area contributed by atoms with E-state index in [4.69, 9.17) is 9.47 Å². The Balaban J connectivity index is 2.05. The second kappa shape index (κ2) is 7.86. The summed E-state index contributed by atoms with van der Waals surface area (Å²) in [5.74, 6) is -0.400. The van der Waals surface area contributed by atoms with Gasteiger partial charge in [-0.25, -0.2) is 9.37 Å². The van der Waals surface area contributed by atoms with E-state index in [1.807, 2.05) is 0 Å². The number of imidazole rings is 1. The van der Waals surface area contributed by atoms with Crippen LogP contribution in [0.1, 0.15) is 5.69 Å². The van der Waals surface area contributed by atoms with Gasteiger partial charge in [0.15, 0.2) is 0 Å². The maximum Gasteiger partial charge on any atom is 0.228 e. The normalized spacial score (nSPS) is 11.0. The maximum absolute atomic E-state index is 13.2. The quantitative estimate of drug-likeness (QED) is 0.734. The van der Waals surface area contributed by atoms with Crippen molar-refractivity contribution in [1.29, 1.82) is 0 Å². The highest BCUT2D eigenvalue weighted by Gasteiger charge is 2.15. The number of nitrogens with zero attached hydrogens (tertiary/aromatic N) is 3. The molecule has 7 heteroatoms. The number of hydrogen-bond acceptors (Lipinski definition) is 4. The summed E-state index contributed by atoms with van der Waals surface area (Å²) in [6.07, 6.45) is 3.17. The van der Waals surface area contributed by atoms with Gasteiger partial charge in [0, 0.05) is 39.7 Å². The lowest BCUT2D eigenvalue weighted by molar-refractivity contribution is -0.131. The van der Waals surface area contributed by atoms with Crippen LogP contribution >= 0.6 is 0 Å². The number of methoxy groups -OCH3 is 2. The van der Waals surface area contributed by atoms with E-state index in [2.05, 4.69) is 4.98 Å². The van der Waals surface area contributed by atoms with E-state index >= 15 is 0 Å². The van der Waals surface area contributed by atoms with Crippen molar-refractivity contribution in [3.8, 4) is 0 Å². The molecule has 0 bridgehead atoms. The number of aromatic nitrogens is 2. The van der Waals surface area contributed by atoms with E-state index in [0.29, 0.717) is 37.6 Å². The number of halogens is 1. The molecule has 0 unspecified atom stereocenters. The van der Waals surface area contributed by atoms with Gasteiger partial charge < -0.3 is 18.8 Å². The van der Waals surface area contributed by atoms with Gasteiger partial charge in [-0.1, -0.05) is 0 Å². The monoisotopic (exact) mass is 309 g/mol. The minimum absolute atomic E-state index is 0.0574. The molecule has 0 aromatic carbocycles. The van der Waals surface area contributed by atoms with Gasteiger partial charge in [-0.05, 0) is 12.1 Å². The lowest BCUT2D eigenvalue weighted by Gasteiger charge is -2.21. The predicted octanol–water partition coefficient (Wildman–Crippen LogP) is 1.14. The first kappa shape index (κ1) is 16.4. The molecule has 0 spiro atoms. The van der Waals surface area contributed by atoms with Crippen LogP contribution in [0.2, 0.25) is 0 Å². The molecule has 22 heavy (non-hydrogen) atoms. The van der Waals surface area contributed by atoms with Crippen LogP contribution in [-0.4, -0.2) is 60.7 Å². The molecular formula is C15H20FN3O3. The van der Waals surface area contributed by atoms with E-state index in [0.717, 1.165) is 0 Å². The summed E-state index contributed by atoms with van der Waals surface area (Å²) in [6.45, 7) is 1.93. The summed E-state index contributed by atoms with van der Waals surface area (Å²) in [6, 6.07) is 2.92. The summed E-state index contributed by atoms with van der Waals surface area (Å²) in [5, 5.41) is 0. The van der Waals surface area contributed by atoms with Crippen molar-refractivity contribution in [2.45, 2.75) is 6.42 Å². The Hall–Kier alpha value is -1.99. The zero-order valence-corrected chi connectivity index (χ0v) is 12.8. The number of carbonyl (C=O) groups is 1. The molecule has 0 atom stereocenters. The molecule has 0 saturated carbocycles. The lowest BCUT2D eigenvalue weighted by Crippen LogP contribution is -2.37. The lowest BCUT2D eigenvalue weighted by atomic mass is 10.3. The first-order chi connectivity index (χ1) is 10.6. The molecule has 0 N–H and O–H groups in total. The molecule has 0 radical (unpaired) electrons. The van der Waals surface area contributed by atoms with Crippen molar-refractivity contribution < 1.29 is 18.7 Å². The van der Waals surface area contributed by atoms with Gasteiger partial charge in [0.2, 0.25) is 5.91 Å². The number of hydrogen-bond donors (Lipinski definition) is 0. The topological polar surface area (TPSA) is 56.1 Å². The fourth-order valence-corrected chi connectivity index (χ4v) is 2.13. The maximum atomic E-state index is 13.2. The van der Waals surface area contributed by atoms with Crippen LogP contribution < -0.4 is 0 Å². The van der Waals surface area contributed by atoms with Crippen LogP contribution in [0.25, 0.3) is 5.65 Å². The number of pyridine rings is 1. The van der Waals surface area contributed by atoms with Crippen molar-refractivity contribution in [3.05, 3.63) is 36.0 Å². The molecule has 0 aliphatic carbocycles. The molecule has 0 fully saturated rings. The van der Waals surface area contributed by atoms with Crippen molar-refractivity contribution in [2.75, 3.05) is 40.5 Å². The van der Waals surface area contributed by atoms with E-state index in [9.17, 15) is 9.18 Å². The van der Waals surface area contributed by atoms with Crippen LogP contribution in [-0.2, 0) is 20.7 Å². The second-order valence-corrected chi connectivity index (χ2v) is 4.89. The highest BCUT2D eigenvalue weighted by molar-refractivity contribution is 5.78. The Morgan fingerprint density at radius 3 is 2.55 bits per heavy atom. The Labute approximate surface area is 128 Å². The largest absolute Gasteiger partial charge is 0.383 e. The third kappa shape index (κ3) is 4.25. The molecule has 0 saturated heterocycles. The van der Waals surface area contributed by atoms with Crippen molar-refractivity contribution in [1.82, 2.24) is 14.3 Å².